The van der Waals surface area contributed by atoms with Crippen LogP contribution in [-0.4, -0.2) is 41.4 Å². The first-order chi connectivity index (χ1) is 13.5. The van der Waals surface area contributed by atoms with Gasteiger partial charge in [-0.2, -0.15) is 11.8 Å². The number of hydrogen-bond donors (Lipinski definition) is 0. The number of nitro groups is 1. The van der Waals surface area contributed by atoms with Crippen LogP contribution < -0.4 is 9.47 Å². The van der Waals surface area contributed by atoms with Crippen LogP contribution in [0.3, 0.4) is 0 Å². The van der Waals surface area contributed by atoms with Crippen molar-refractivity contribution in [3.63, 3.8) is 0 Å². The number of hydrogen-bond acceptors (Lipinski definition) is 6. The Bertz CT molecular complexity index is 939. The predicted octanol–water partition coefficient (Wildman–Crippen LogP) is 4.30. The quantitative estimate of drug-likeness (QED) is 0.544. The topological polar surface area (TPSA) is 81.9 Å². The van der Waals surface area contributed by atoms with Crippen LogP contribution in [0, 0.1) is 10.1 Å². The number of carbonyl (C=O) groups excluding carboxylic acids is 1. The molecule has 0 N–H and O–H groups in total. The van der Waals surface area contributed by atoms with E-state index in [0.717, 1.165) is 29.2 Å². The molecule has 4 rings (SSSR count). The van der Waals surface area contributed by atoms with Crippen molar-refractivity contribution in [3.8, 4) is 11.5 Å². The minimum atomic E-state index is -0.527. The molecule has 0 saturated carbocycles. The Morgan fingerprint density at radius 3 is 2.82 bits per heavy atom. The minimum absolute atomic E-state index is 0.143. The monoisotopic (exact) mass is 420 g/mol. The van der Waals surface area contributed by atoms with Gasteiger partial charge in [0.1, 0.15) is 0 Å². The van der Waals surface area contributed by atoms with Crippen LogP contribution in [0.5, 0.6) is 11.5 Å². The summed E-state index contributed by atoms with van der Waals surface area (Å²) in [6.07, 6.45) is 0.766. The number of non-ortho nitro benzene ring substituents is 1. The highest BCUT2D eigenvalue weighted by atomic mass is 35.5. The molecule has 2 aliphatic heterocycles. The lowest BCUT2D eigenvalue weighted by molar-refractivity contribution is -0.384. The zero-order valence-electron chi connectivity index (χ0n) is 14.8. The van der Waals surface area contributed by atoms with Gasteiger partial charge in [-0.3, -0.25) is 14.9 Å². The predicted molar refractivity (Wildman–Crippen MR) is 106 cm³/mol. The number of rotatable bonds is 3. The Balaban J connectivity index is 1.49. The second kappa shape index (κ2) is 7.89. The maximum absolute atomic E-state index is 12.9. The zero-order chi connectivity index (χ0) is 19.7. The van der Waals surface area contributed by atoms with Gasteiger partial charge in [0.05, 0.1) is 15.5 Å². The first-order valence-electron chi connectivity index (χ1n) is 8.77. The second-order valence-corrected chi connectivity index (χ2v) is 8.19. The normalized spacial score (nSPS) is 18.6. The third-order valence-corrected chi connectivity index (χ3v) is 6.45. The second-order valence-electron chi connectivity index (χ2n) is 6.47. The summed E-state index contributed by atoms with van der Waals surface area (Å²) in [5.74, 6) is 1.98. The molecule has 0 bridgehead atoms. The number of halogens is 1. The summed E-state index contributed by atoms with van der Waals surface area (Å²) in [4.78, 5) is 25.1. The van der Waals surface area contributed by atoms with Gasteiger partial charge in [-0.25, -0.2) is 0 Å². The van der Waals surface area contributed by atoms with Gasteiger partial charge in [-0.15, -0.1) is 0 Å². The molecule has 0 aliphatic carbocycles. The molecular weight excluding hydrogens is 404 g/mol. The number of carbonyl (C=O) groups is 1. The number of amides is 1. The molecule has 2 aliphatic rings. The van der Waals surface area contributed by atoms with E-state index in [1.807, 2.05) is 18.2 Å². The smallest absolute Gasteiger partial charge is 0.270 e. The summed E-state index contributed by atoms with van der Waals surface area (Å²) >= 11 is 7.91. The molecule has 146 valence electrons. The third kappa shape index (κ3) is 3.74. The molecule has 1 unspecified atom stereocenters. The molecular formula is C19H17ClN2O5S. The Kier molecular flexibility index (Phi) is 5.32. The van der Waals surface area contributed by atoms with E-state index in [0.29, 0.717) is 13.1 Å². The number of fused-ring (bicyclic) bond motifs is 1. The van der Waals surface area contributed by atoms with Gasteiger partial charge >= 0.3 is 0 Å². The molecule has 7 nitrogen and oxygen atoms in total. The van der Waals surface area contributed by atoms with E-state index in [-0.39, 0.29) is 34.2 Å². The van der Waals surface area contributed by atoms with Gasteiger partial charge in [0.25, 0.3) is 11.6 Å². The molecule has 2 aromatic rings. The molecule has 28 heavy (non-hydrogen) atoms. The minimum Gasteiger partial charge on any atom is -0.454 e. The molecule has 2 aromatic carbocycles. The standard InChI is InChI=1S/C19H17ClN2O5S/c20-15-3-2-13(22(24)25)10-14(15)19(23)21-6-5-18(28-8-7-21)12-1-4-16-17(9-12)27-11-26-16/h1-4,9-10,18H,5-8,11H2. The molecule has 1 saturated heterocycles. The molecule has 0 aromatic heterocycles. The van der Waals surface area contributed by atoms with E-state index in [4.69, 9.17) is 21.1 Å². The first kappa shape index (κ1) is 18.9. The highest BCUT2D eigenvalue weighted by molar-refractivity contribution is 7.99. The average molecular weight is 421 g/mol. The Hall–Kier alpha value is -2.45. The lowest BCUT2D eigenvalue weighted by Crippen LogP contribution is -2.33. The maximum atomic E-state index is 12.9. The summed E-state index contributed by atoms with van der Waals surface area (Å²) < 4.78 is 10.8. The summed E-state index contributed by atoms with van der Waals surface area (Å²) in [6.45, 7) is 1.34. The van der Waals surface area contributed by atoms with Gasteiger partial charge in [0, 0.05) is 36.2 Å². The number of benzene rings is 2. The summed E-state index contributed by atoms with van der Waals surface area (Å²) in [5, 5.41) is 11.5. The lowest BCUT2D eigenvalue weighted by Gasteiger charge is -2.21. The van der Waals surface area contributed by atoms with Gasteiger partial charge in [-0.05, 0) is 30.2 Å². The molecule has 1 amide bonds. The third-order valence-electron chi connectivity index (χ3n) is 4.79. The van der Waals surface area contributed by atoms with Crippen molar-refractivity contribution in [2.45, 2.75) is 11.7 Å². The van der Waals surface area contributed by atoms with Crippen molar-refractivity contribution in [2.75, 3.05) is 25.6 Å². The van der Waals surface area contributed by atoms with Crippen LogP contribution in [0.2, 0.25) is 5.02 Å². The van der Waals surface area contributed by atoms with Crippen LogP contribution in [0.25, 0.3) is 0 Å². The van der Waals surface area contributed by atoms with Crippen molar-refractivity contribution in [1.82, 2.24) is 4.90 Å². The van der Waals surface area contributed by atoms with Crippen molar-refractivity contribution in [1.29, 1.82) is 0 Å². The number of thioether (sulfide) groups is 1. The first-order valence-corrected chi connectivity index (χ1v) is 10.2. The van der Waals surface area contributed by atoms with E-state index in [1.54, 1.807) is 16.7 Å². The Morgan fingerprint density at radius 2 is 2.00 bits per heavy atom. The number of nitrogens with zero attached hydrogens (tertiary/aromatic N) is 2. The molecule has 1 fully saturated rings. The Labute approximate surface area is 170 Å². The van der Waals surface area contributed by atoms with Crippen LogP contribution in [0.1, 0.15) is 27.6 Å². The van der Waals surface area contributed by atoms with E-state index in [9.17, 15) is 14.9 Å². The highest BCUT2D eigenvalue weighted by Crippen LogP contribution is 2.40. The molecule has 0 spiro atoms. The van der Waals surface area contributed by atoms with Crippen molar-refractivity contribution in [2.24, 2.45) is 0 Å². The summed E-state index contributed by atoms with van der Waals surface area (Å²) in [7, 11) is 0. The van der Waals surface area contributed by atoms with E-state index >= 15 is 0 Å². The zero-order valence-corrected chi connectivity index (χ0v) is 16.4. The summed E-state index contributed by atoms with van der Waals surface area (Å²) in [5.41, 5.74) is 1.16. The van der Waals surface area contributed by atoms with Crippen LogP contribution in [-0.2, 0) is 0 Å². The number of ether oxygens (including phenoxy) is 2. The van der Waals surface area contributed by atoms with Crippen molar-refractivity contribution < 1.29 is 19.2 Å². The largest absolute Gasteiger partial charge is 0.454 e. The molecule has 1 atom stereocenters. The van der Waals surface area contributed by atoms with E-state index in [2.05, 4.69) is 0 Å². The van der Waals surface area contributed by atoms with Gasteiger partial charge in [-0.1, -0.05) is 17.7 Å². The molecule has 2 heterocycles. The van der Waals surface area contributed by atoms with Crippen LogP contribution >= 0.6 is 23.4 Å². The van der Waals surface area contributed by atoms with Crippen LogP contribution in [0.4, 0.5) is 5.69 Å². The fraction of sp³-hybridized carbons (Fsp3) is 0.316. The van der Waals surface area contributed by atoms with Crippen molar-refractivity contribution >= 4 is 35.0 Å². The van der Waals surface area contributed by atoms with Gasteiger partial charge in [0.15, 0.2) is 11.5 Å². The summed E-state index contributed by atoms with van der Waals surface area (Å²) in [6, 6.07) is 9.88. The van der Waals surface area contributed by atoms with E-state index in [1.165, 1.54) is 18.2 Å². The Morgan fingerprint density at radius 1 is 1.18 bits per heavy atom. The molecule has 9 heteroatoms. The lowest BCUT2D eigenvalue weighted by atomic mass is 10.1. The van der Waals surface area contributed by atoms with E-state index < -0.39 is 4.92 Å². The van der Waals surface area contributed by atoms with Crippen LogP contribution in [0.15, 0.2) is 36.4 Å². The number of nitro benzene ring substituents is 1. The average Bonchev–Trinajstić information content (AvgIpc) is 3.02. The maximum Gasteiger partial charge on any atom is 0.270 e. The fourth-order valence-electron chi connectivity index (χ4n) is 3.31. The van der Waals surface area contributed by atoms with Gasteiger partial charge < -0.3 is 14.4 Å². The highest BCUT2D eigenvalue weighted by Gasteiger charge is 2.26. The fourth-order valence-corrected chi connectivity index (χ4v) is 4.73. The van der Waals surface area contributed by atoms with Crippen molar-refractivity contribution in [3.05, 3.63) is 62.7 Å². The molecule has 0 radical (unpaired) electrons. The van der Waals surface area contributed by atoms with Gasteiger partial charge in [0.2, 0.25) is 6.79 Å². The SMILES string of the molecule is O=C(c1cc([N+](=O)[O-])ccc1Cl)N1CCSC(c2ccc3c(c2)OCO3)CC1.